The van der Waals surface area contributed by atoms with Crippen LogP contribution in [-0.2, 0) is 12.8 Å². The maximum Gasteiger partial charge on any atom is 0.0364 e. The normalized spacial score (nSPS) is 17.4. The molecule has 1 atom stereocenters. The molecule has 1 aliphatic rings. The molecule has 0 aliphatic carbocycles. The topological polar surface area (TPSA) is 12.0 Å². The molecule has 0 fully saturated rings. The highest BCUT2D eigenvalue weighted by Crippen LogP contribution is 2.32. The first-order valence-corrected chi connectivity index (χ1v) is 8.59. The van der Waals surface area contributed by atoms with Gasteiger partial charge in [0, 0.05) is 10.5 Å². The minimum atomic E-state index is 0.395. The Morgan fingerprint density at radius 3 is 2.68 bits per heavy atom. The van der Waals surface area contributed by atoms with E-state index in [1.807, 2.05) is 0 Å². The van der Waals surface area contributed by atoms with Gasteiger partial charge in [-0.25, -0.2) is 0 Å². The molecule has 2 heteroatoms. The Balaban J connectivity index is 1.76. The van der Waals surface area contributed by atoms with Crippen LogP contribution in [0.3, 0.4) is 0 Å². The van der Waals surface area contributed by atoms with Crippen LogP contribution in [0.2, 0.25) is 0 Å². The number of hydrogen-bond acceptors (Lipinski definition) is 1. The Hall–Kier alpha value is -1.64. The number of halogens is 1. The summed E-state index contributed by atoms with van der Waals surface area (Å²) < 4.78 is 1.20. The van der Waals surface area contributed by atoms with E-state index in [-0.39, 0.29) is 0 Å². The van der Waals surface area contributed by atoms with Crippen molar-refractivity contribution >= 4 is 26.7 Å². The summed E-state index contributed by atoms with van der Waals surface area (Å²) in [5, 5.41) is 6.46. The second-order valence-corrected chi connectivity index (χ2v) is 6.76. The van der Waals surface area contributed by atoms with Crippen molar-refractivity contribution < 1.29 is 0 Å². The number of hydrogen-bond donors (Lipinski definition) is 1. The zero-order valence-electron chi connectivity index (χ0n) is 12.4. The number of nitrogens with one attached hydrogen (secondary N) is 1. The van der Waals surface area contributed by atoms with Gasteiger partial charge in [-0.3, -0.25) is 0 Å². The minimum absolute atomic E-state index is 0.395. The molecule has 0 radical (unpaired) electrons. The Kier molecular flexibility index (Phi) is 3.73. The molecule has 0 bridgehead atoms. The smallest absolute Gasteiger partial charge is 0.0364 e. The van der Waals surface area contributed by atoms with E-state index in [4.69, 9.17) is 0 Å². The summed E-state index contributed by atoms with van der Waals surface area (Å²) in [6.45, 7) is 1.05. The van der Waals surface area contributed by atoms with Crippen LogP contribution >= 0.6 is 15.9 Å². The number of rotatable bonds is 2. The Morgan fingerprint density at radius 2 is 1.77 bits per heavy atom. The average molecular weight is 352 g/mol. The SMILES string of the molecule is Brc1ccccc1CC1NCCc2c1ccc1ccccc21. The molecule has 0 aromatic heterocycles. The second-order valence-electron chi connectivity index (χ2n) is 5.91. The van der Waals surface area contributed by atoms with Crippen molar-refractivity contribution in [3.8, 4) is 0 Å². The van der Waals surface area contributed by atoms with Gasteiger partial charge in [0.1, 0.15) is 0 Å². The third-order valence-electron chi connectivity index (χ3n) is 4.60. The first-order chi connectivity index (χ1) is 10.8. The molecular formula is C20H18BrN. The fraction of sp³-hybridized carbons (Fsp3) is 0.200. The fourth-order valence-corrected chi connectivity index (χ4v) is 3.95. The molecule has 3 aromatic carbocycles. The van der Waals surface area contributed by atoms with E-state index in [0.29, 0.717) is 6.04 Å². The zero-order valence-corrected chi connectivity index (χ0v) is 13.9. The van der Waals surface area contributed by atoms with Gasteiger partial charge in [0.05, 0.1) is 0 Å². The van der Waals surface area contributed by atoms with Crippen LogP contribution in [0.25, 0.3) is 10.8 Å². The van der Waals surface area contributed by atoms with Gasteiger partial charge in [0.2, 0.25) is 0 Å². The van der Waals surface area contributed by atoms with Crippen molar-refractivity contribution in [3.63, 3.8) is 0 Å². The lowest BCUT2D eigenvalue weighted by Gasteiger charge is -2.28. The number of fused-ring (bicyclic) bond motifs is 3. The largest absolute Gasteiger partial charge is 0.309 e. The Labute approximate surface area is 139 Å². The molecule has 110 valence electrons. The highest BCUT2D eigenvalue weighted by molar-refractivity contribution is 9.10. The molecule has 0 spiro atoms. The van der Waals surface area contributed by atoms with E-state index in [1.165, 1.54) is 31.9 Å². The van der Waals surface area contributed by atoms with Crippen molar-refractivity contribution in [3.05, 3.63) is 81.8 Å². The maximum absolute atomic E-state index is 3.69. The first-order valence-electron chi connectivity index (χ1n) is 7.80. The summed E-state index contributed by atoms with van der Waals surface area (Å²) in [4.78, 5) is 0. The molecule has 1 N–H and O–H groups in total. The summed E-state index contributed by atoms with van der Waals surface area (Å²) in [6.07, 6.45) is 2.13. The second kappa shape index (κ2) is 5.86. The van der Waals surface area contributed by atoms with Crippen molar-refractivity contribution in [2.75, 3.05) is 6.54 Å². The van der Waals surface area contributed by atoms with Gasteiger partial charge in [0.25, 0.3) is 0 Å². The van der Waals surface area contributed by atoms with Gasteiger partial charge in [-0.2, -0.15) is 0 Å². The van der Waals surface area contributed by atoms with Crippen LogP contribution in [0.5, 0.6) is 0 Å². The van der Waals surface area contributed by atoms with Gasteiger partial charge in [0.15, 0.2) is 0 Å². The van der Waals surface area contributed by atoms with E-state index in [2.05, 4.69) is 81.9 Å². The van der Waals surface area contributed by atoms with Gasteiger partial charge < -0.3 is 5.32 Å². The molecular weight excluding hydrogens is 334 g/mol. The fourth-order valence-electron chi connectivity index (χ4n) is 3.51. The molecule has 1 nitrogen and oxygen atoms in total. The molecule has 3 aromatic rings. The monoisotopic (exact) mass is 351 g/mol. The predicted molar refractivity (Wildman–Crippen MR) is 96.2 cm³/mol. The molecule has 22 heavy (non-hydrogen) atoms. The summed E-state index contributed by atoms with van der Waals surface area (Å²) in [5.74, 6) is 0. The van der Waals surface area contributed by atoms with Gasteiger partial charge in [-0.1, -0.05) is 70.5 Å². The third-order valence-corrected chi connectivity index (χ3v) is 5.37. The lowest BCUT2D eigenvalue weighted by Crippen LogP contribution is -2.31. The Bertz CT molecular complexity index is 825. The van der Waals surface area contributed by atoms with E-state index in [9.17, 15) is 0 Å². The quantitative estimate of drug-likeness (QED) is 0.682. The molecule has 0 saturated carbocycles. The maximum atomic E-state index is 3.69. The molecule has 4 rings (SSSR count). The van der Waals surface area contributed by atoms with Crippen molar-refractivity contribution in [2.45, 2.75) is 18.9 Å². The van der Waals surface area contributed by atoms with Gasteiger partial charge >= 0.3 is 0 Å². The van der Waals surface area contributed by atoms with Crippen LogP contribution < -0.4 is 5.32 Å². The van der Waals surface area contributed by atoms with Crippen LogP contribution in [0.4, 0.5) is 0 Å². The molecule has 1 aliphatic heterocycles. The molecule has 0 amide bonds. The minimum Gasteiger partial charge on any atom is -0.309 e. The first kappa shape index (κ1) is 14.0. The van der Waals surface area contributed by atoms with Crippen LogP contribution in [0.1, 0.15) is 22.7 Å². The van der Waals surface area contributed by atoms with E-state index in [0.717, 1.165) is 19.4 Å². The summed E-state index contributed by atoms with van der Waals surface area (Å²) in [7, 11) is 0. The average Bonchev–Trinajstić information content (AvgIpc) is 2.57. The lowest BCUT2D eigenvalue weighted by molar-refractivity contribution is 0.504. The van der Waals surface area contributed by atoms with E-state index in [1.54, 1.807) is 0 Å². The Morgan fingerprint density at radius 1 is 0.955 bits per heavy atom. The standard InChI is InChI=1S/C20H18BrN/c21-19-8-4-2-6-15(19)13-20-18-10-9-14-5-1-3-7-16(14)17(18)11-12-22-20/h1-10,20,22H,11-13H2. The molecule has 1 heterocycles. The zero-order chi connectivity index (χ0) is 14.9. The molecule has 1 unspecified atom stereocenters. The molecule has 0 saturated heterocycles. The highest BCUT2D eigenvalue weighted by Gasteiger charge is 2.22. The van der Waals surface area contributed by atoms with Crippen LogP contribution in [0.15, 0.2) is 65.1 Å². The van der Waals surface area contributed by atoms with Crippen molar-refractivity contribution in [2.24, 2.45) is 0 Å². The van der Waals surface area contributed by atoms with Gasteiger partial charge in [-0.15, -0.1) is 0 Å². The van der Waals surface area contributed by atoms with E-state index < -0.39 is 0 Å². The summed E-state index contributed by atoms with van der Waals surface area (Å²) >= 11 is 3.68. The van der Waals surface area contributed by atoms with Crippen LogP contribution in [0, 0.1) is 0 Å². The van der Waals surface area contributed by atoms with Crippen molar-refractivity contribution in [1.82, 2.24) is 5.32 Å². The van der Waals surface area contributed by atoms with E-state index >= 15 is 0 Å². The lowest BCUT2D eigenvalue weighted by atomic mass is 9.87. The predicted octanol–water partition coefficient (Wildman–Crippen LogP) is 5.03. The highest BCUT2D eigenvalue weighted by atomic mass is 79.9. The van der Waals surface area contributed by atoms with Crippen molar-refractivity contribution in [1.29, 1.82) is 0 Å². The van der Waals surface area contributed by atoms with Gasteiger partial charge in [-0.05, 0) is 52.9 Å². The third kappa shape index (κ3) is 2.47. The summed E-state index contributed by atoms with van der Waals surface area (Å²) in [5.41, 5.74) is 4.34. The number of benzene rings is 3. The van der Waals surface area contributed by atoms with Crippen LogP contribution in [-0.4, -0.2) is 6.54 Å². The summed E-state index contributed by atoms with van der Waals surface area (Å²) in [6, 6.07) is 22.2.